The zero-order chi connectivity index (χ0) is 15.1. The molecule has 0 saturated heterocycles. The van der Waals surface area contributed by atoms with Gasteiger partial charge in [-0.3, -0.25) is 25.4 Å². The third-order valence-electron chi connectivity index (χ3n) is 2.97. The number of amides is 2. The fourth-order valence-corrected chi connectivity index (χ4v) is 1.76. The summed E-state index contributed by atoms with van der Waals surface area (Å²) in [5, 5.41) is 0. The van der Waals surface area contributed by atoms with E-state index in [1.165, 1.54) is 11.8 Å². The van der Waals surface area contributed by atoms with Crippen LogP contribution in [0.15, 0.2) is 48.7 Å². The van der Waals surface area contributed by atoms with Crippen molar-refractivity contribution >= 4 is 11.8 Å². The molecule has 0 saturated carbocycles. The maximum Gasteiger partial charge on any atom is 0.288 e. The van der Waals surface area contributed by atoms with E-state index in [0.717, 1.165) is 5.56 Å². The lowest BCUT2D eigenvalue weighted by Gasteiger charge is -2.07. The molecule has 1 aromatic carbocycles. The molecule has 21 heavy (non-hydrogen) atoms. The molecule has 0 fully saturated rings. The number of carbonyl (C=O) groups excluding carboxylic acids is 2. The summed E-state index contributed by atoms with van der Waals surface area (Å²) in [4.78, 5) is 27.2. The molecule has 2 amide bonds. The van der Waals surface area contributed by atoms with Crippen molar-refractivity contribution in [2.75, 3.05) is 0 Å². The highest BCUT2D eigenvalue weighted by Crippen LogP contribution is 2.05. The van der Waals surface area contributed by atoms with Crippen molar-refractivity contribution in [2.45, 2.75) is 19.8 Å². The molecule has 0 aliphatic carbocycles. The molecule has 108 valence electrons. The molecule has 0 atom stereocenters. The van der Waals surface area contributed by atoms with Gasteiger partial charge >= 0.3 is 0 Å². The van der Waals surface area contributed by atoms with E-state index in [9.17, 15) is 9.59 Å². The average molecular weight is 283 g/mol. The second-order valence-corrected chi connectivity index (χ2v) is 4.70. The quantitative estimate of drug-likeness (QED) is 0.840. The lowest BCUT2D eigenvalue weighted by atomic mass is 10.1. The minimum Gasteiger partial charge on any atom is -0.273 e. The predicted molar refractivity (Wildman–Crippen MR) is 79.3 cm³/mol. The van der Waals surface area contributed by atoms with E-state index in [-0.39, 0.29) is 11.6 Å². The van der Waals surface area contributed by atoms with Crippen molar-refractivity contribution in [2.24, 2.45) is 0 Å². The first-order chi connectivity index (χ1) is 10.1. The molecular formula is C16H17N3O2. The molecule has 0 unspecified atom stereocenters. The largest absolute Gasteiger partial charge is 0.288 e. The van der Waals surface area contributed by atoms with Crippen LogP contribution in [0, 0.1) is 6.92 Å². The van der Waals surface area contributed by atoms with Crippen LogP contribution in [0.25, 0.3) is 0 Å². The van der Waals surface area contributed by atoms with Crippen LogP contribution in [0.2, 0.25) is 0 Å². The Bertz CT molecular complexity index is 609. The Morgan fingerprint density at radius 2 is 1.81 bits per heavy atom. The molecule has 2 aromatic rings. The predicted octanol–water partition coefficient (Wildman–Crippen LogP) is 1.78. The first kappa shape index (κ1) is 14.7. The van der Waals surface area contributed by atoms with E-state index in [2.05, 4.69) is 15.8 Å². The Kier molecular flexibility index (Phi) is 5.04. The number of hydrogen-bond acceptors (Lipinski definition) is 3. The zero-order valence-corrected chi connectivity index (χ0v) is 11.8. The molecule has 0 spiro atoms. The van der Waals surface area contributed by atoms with Crippen LogP contribution in [0.3, 0.4) is 0 Å². The zero-order valence-electron chi connectivity index (χ0n) is 11.8. The van der Waals surface area contributed by atoms with Gasteiger partial charge in [-0.2, -0.15) is 0 Å². The Morgan fingerprint density at radius 3 is 2.48 bits per heavy atom. The number of nitrogens with zero attached hydrogens (tertiary/aromatic N) is 1. The Labute approximate surface area is 123 Å². The lowest BCUT2D eigenvalue weighted by molar-refractivity contribution is -0.121. The van der Waals surface area contributed by atoms with E-state index >= 15 is 0 Å². The Balaban J connectivity index is 1.75. The Morgan fingerprint density at radius 1 is 1.05 bits per heavy atom. The van der Waals surface area contributed by atoms with Crippen molar-refractivity contribution in [3.63, 3.8) is 0 Å². The first-order valence-electron chi connectivity index (χ1n) is 6.71. The number of aryl methyl sites for hydroxylation is 2. The maximum absolute atomic E-state index is 11.7. The minimum absolute atomic E-state index is 0.236. The molecule has 1 aromatic heterocycles. The van der Waals surface area contributed by atoms with Crippen LogP contribution < -0.4 is 10.9 Å². The number of hydrogen-bond donors (Lipinski definition) is 2. The molecule has 0 radical (unpaired) electrons. The lowest BCUT2D eigenvalue weighted by Crippen LogP contribution is -2.42. The summed E-state index contributed by atoms with van der Waals surface area (Å²) in [6.45, 7) is 2.02. The highest BCUT2D eigenvalue weighted by atomic mass is 16.2. The second kappa shape index (κ2) is 7.19. The van der Waals surface area contributed by atoms with Gasteiger partial charge in [0.1, 0.15) is 5.69 Å². The molecule has 0 aliphatic rings. The minimum atomic E-state index is -0.431. The van der Waals surface area contributed by atoms with Gasteiger partial charge in [0.05, 0.1) is 0 Å². The third-order valence-corrected chi connectivity index (χ3v) is 2.97. The first-order valence-corrected chi connectivity index (χ1v) is 6.71. The van der Waals surface area contributed by atoms with Crippen molar-refractivity contribution in [1.29, 1.82) is 0 Å². The van der Waals surface area contributed by atoms with Crippen LogP contribution in [-0.4, -0.2) is 16.8 Å². The molecule has 2 rings (SSSR count). The van der Waals surface area contributed by atoms with Gasteiger partial charge in [-0.15, -0.1) is 0 Å². The molecule has 1 heterocycles. The monoisotopic (exact) mass is 283 g/mol. The summed E-state index contributed by atoms with van der Waals surface area (Å²) in [5.74, 6) is -0.667. The van der Waals surface area contributed by atoms with Gasteiger partial charge in [-0.25, -0.2) is 0 Å². The third kappa shape index (κ3) is 4.72. The van der Waals surface area contributed by atoms with Crippen LogP contribution >= 0.6 is 0 Å². The smallest absolute Gasteiger partial charge is 0.273 e. The topological polar surface area (TPSA) is 71.1 Å². The standard InChI is InChI=1S/C16H17N3O2/c1-12-5-7-13(8-6-12)9-10-15(20)18-19-16(21)14-4-2-3-11-17-14/h2-8,11H,9-10H2,1H3,(H,18,20)(H,19,21). The SMILES string of the molecule is Cc1ccc(CCC(=O)NNC(=O)c2ccccn2)cc1. The fraction of sp³-hybridized carbons (Fsp3) is 0.188. The van der Waals surface area contributed by atoms with Gasteiger partial charge in [-0.05, 0) is 31.0 Å². The van der Waals surface area contributed by atoms with Gasteiger partial charge in [-0.1, -0.05) is 35.9 Å². The van der Waals surface area contributed by atoms with E-state index in [1.807, 2.05) is 31.2 Å². The number of hydrazine groups is 1. The van der Waals surface area contributed by atoms with Crippen molar-refractivity contribution in [3.05, 3.63) is 65.5 Å². The van der Waals surface area contributed by atoms with E-state index in [0.29, 0.717) is 12.8 Å². The summed E-state index contributed by atoms with van der Waals surface area (Å²) >= 11 is 0. The average Bonchev–Trinajstić information content (AvgIpc) is 2.53. The molecule has 0 aliphatic heterocycles. The van der Waals surface area contributed by atoms with Gasteiger partial charge < -0.3 is 0 Å². The number of pyridine rings is 1. The molecule has 5 nitrogen and oxygen atoms in total. The highest BCUT2D eigenvalue weighted by Gasteiger charge is 2.07. The van der Waals surface area contributed by atoms with Gasteiger partial charge in [0.2, 0.25) is 5.91 Å². The molecule has 5 heteroatoms. The van der Waals surface area contributed by atoms with E-state index in [4.69, 9.17) is 0 Å². The molecule has 0 bridgehead atoms. The van der Waals surface area contributed by atoms with Crippen LogP contribution in [0.5, 0.6) is 0 Å². The van der Waals surface area contributed by atoms with E-state index in [1.54, 1.807) is 18.2 Å². The van der Waals surface area contributed by atoms with Crippen LogP contribution in [0.1, 0.15) is 28.0 Å². The van der Waals surface area contributed by atoms with Crippen molar-refractivity contribution in [1.82, 2.24) is 15.8 Å². The fourth-order valence-electron chi connectivity index (χ4n) is 1.76. The normalized spacial score (nSPS) is 9.95. The summed E-state index contributed by atoms with van der Waals surface area (Å²) in [7, 11) is 0. The number of aromatic nitrogens is 1. The van der Waals surface area contributed by atoms with E-state index < -0.39 is 5.91 Å². The summed E-state index contributed by atoms with van der Waals surface area (Å²) < 4.78 is 0. The number of nitrogens with one attached hydrogen (secondary N) is 2. The number of benzene rings is 1. The molecular weight excluding hydrogens is 266 g/mol. The summed E-state index contributed by atoms with van der Waals surface area (Å²) in [5.41, 5.74) is 7.26. The maximum atomic E-state index is 11.7. The van der Waals surface area contributed by atoms with Crippen molar-refractivity contribution in [3.8, 4) is 0 Å². The molecule has 2 N–H and O–H groups in total. The Hall–Kier alpha value is -2.69. The van der Waals surface area contributed by atoms with Gasteiger partial charge in [0.15, 0.2) is 0 Å². The highest BCUT2D eigenvalue weighted by molar-refractivity contribution is 5.93. The number of carbonyl (C=O) groups is 2. The number of rotatable bonds is 4. The van der Waals surface area contributed by atoms with Gasteiger partial charge in [0, 0.05) is 12.6 Å². The van der Waals surface area contributed by atoms with Crippen LogP contribution in [-0.2, 0) is 11.2 Å². The second-order valence-electron chi connectivity index (χ2n) is 4.70. The van der Waals surface area contributed by atoms with Crippen LogP contribution in [0.4, 0.5) is 0 Å². The summed E-state index contributed by atoms with van der Waals surface area (Å²) in [6.07, 6.45) is 2.46. The summed E-state index contributed by atoms with van der Waals surface area (Å²) in [6, 6.07) is 13.0. The van der Waals surface area contributed by atoms with Crippen molar-refractivity contribution < 1.29 is 9.59 Å². The van der Waals surface area contributed by atoms with Gasteiger partial charge in [0.25, 0.3) is 5.91 Å².